The van der Waals surface area contributed by atoms with Crippen molar-refractivity contribution in [2.24, 2.45) is 0 Å². The molecule has 0 bridgehead atoms. The fraction of sp³-hybridized carbons (Fsp3) is 0.111. The SMILES string of the molecule is O=CN(O)Cc1cc(Cl)c(C(=O)O)c(Cl)c1. The van der Waals surface area contributed by atoms with Gasteiger partial charge < -0.3 is 5.11 Å². The molecule has 0 heterocycles. The Hall–Kier alpha value is -1.30. The van der Waals surface area contributed by atoms with Crippen LogP contribution in [0.1, 0.15) is 15.9 Å². The fourth-order valence-corrected chi connectivity index (χ4v) is 1.84. The van der Waals surface area contributed by atoms with Crippen LogP contribution in [0.3, 0.4) is 0 Å². The van der Waals surface area contributed by atoms with E-state index in [0.717, 1.165) is 0 Å². The molecule has 0 saturated carbocycles. The third kappa shape index (κ3) is 2.85. The minimum absolute atomic E-state index is 0.0469. The molecule has 0 unspecified atom stereocenters. The van der Waals surface area contributed by atoms with Crippen molar-refractivity contribution in [3.05, 3.63) is 33.3 Å². The molecular weight excluding hydrogens is 257 g/mol. The smallest absolute Gasteiger partial charge is 0.338 e. The van der Waals surface area contributed by atoms with Gasteiger partial charge in [-0.15, -0.1) is 0 Å². The van der Waals surface area contributed by atoms with Crippen molar-refractivity contribution in [1.82, 2.24) is 5.06 Å². The molecule has 7 heteroatoms. The summed E-state index contributed by atoms with van der Waals surface area (Å²) in [5.41, 5.74) is 0.220. The highest BCUT2D eigenvalue weighted by molar-refractivity contribution is 6.39. The predicted molar refractivity (Wildman–Crippen MR) is 56.8 cm³/mol. The van der Waals surface area contributed by atoms with E-state index >= 15 is 0 Å². The van der Waals surface area contributed by atoms with Gasteiger partial charge in [-0.1, -0.05) is 23.2 Å². The van der Waals surface area contributed by atoms with Crippen molar-refractivity contribution in [3.63, 3.8) is 0 Å². The van der Waals surface area contributed by atoms with Crippen LogP contribution in [-0.2, 0) is 11.3 Å². The van der Waals surface area contributed by atoms with Gasteiger partial charge in [-0.3, -0.25) is 10.0 Å². The van der Waals surface area contributed by atoms with Gasteiger partial charge in [0.15, 0.2) is 0 Å². The summed E-state index contributed by atoms with van der Waals surface area (Å²) < 4.78 is 0. The van der Waals surface area contributed by atoms with Crippen LogP contribution in [0.15, 0.2) is 12.1 Å². The second-order valence-electron chi connectivity index (χ2n) is 2.94. The Morgan fingerprint density at radius 1 is 1.38 bits per heavy atom. The second-order valence-corrected chi connectivity index (χ2v) is 3.76. The summed E-state index contributed by atoms with van der Waals surface area (Å²) in [5.74, 6) is -1.24. The molecule has 86 valence electrons. The Balaban J connectivity index is 3.09. The lowest BCUT2D eigenvalue weighted by Gasteiger charge is -2.10. The van der Waals surface area contributed by atoms with Crippen LogP contribution in [0.25, 0.3) is 0 Å². The van der Waals surface area contributed by atoms with E-state index in [2.05, 4.69) is 0 Å². The molecule has 1 aromatic rings. The standard InChI is InChI=1S/C9H7Cl2NO4/c10-6-1-5(3-12(16)4-13)2-7(11)8(6)9(14)15/h1-2,4,16H,3H2,(H,14,15). The molecule has 0 aliphatic heterocycles. The lowest BCUT2D eigenvalue weighted by molar-refractivity contribution is -0.152. The highest BCUT2D eigenvalue weighted by atomic mass is 35.5. The zero-order chi connectivity index (χ0) is 12.3. The minimum Gasteiger partial charge on any atom is -0.478 e. The second kappa shape index (κ2) is 5.16. The van der Waals surface area contributed by atoms with E-state index in [4.69, 9.17) is 33.5 Å². The van der Waals surface area contributed by atoms with Crippen LogP contribution in [0.4, 0.5) is 0 Å². The van der Waals surface area contributed by atoms with E-state index in [1.54, 1.807) is 0 Å². The number of carbonyl (C=O) groups excluding carboxylic acids is 1. The highest BCUT2D eigenvalue weighted by Crippen LogP contribution is 2.26. The third-order valence-electron chi connectivity index (χ3n) is 1.78. The molecule has 0 aliphatic rings. The maximum Gasteiger partial charge on any atom is 0.338 e. The third-order valence-corrected chi connectivity index (χ3v) is 2.38. The number of amides is 1. The maximum atomic E-state index is 10.7. The lowest BCUT2D eigenvalue weighted by Crippen LogP contribution is -2.16. The Kier molecular flexibility index (Phi) is 4.12. The normalized spacial score (nSPS) is 9.94. The largest absolute Gasteiger partial charge is 0.478 e. The number of halogens is 2. The Labute approximate surface area is 101 Å². The molecule has 0 aliphatic carbocycles. The number of carbonyl (C=O) groups is 2. The van der Waals surface area contributed by atoms with Crippen LogP contribution in [0, 0.1) is 0 Å². The number of carboxylic acids is 1. The van der Waals surface area contributed by atoms with Gasteiger partial charge in [-0.05, 0) is 17.7 Å². The zero-order valence-corrected chi connectivity index (χ0v) is 9.37. The van der Waals surface area contributed by atoms with E-state index < -0.39 is 5.97 Å². The van der Waals surface area contributed by atoms with Gasteiger partial charge in [-0.2, -0.15) is 0 Å². The van der Waals surface area contributed by atoms with Gasteiger partial charge in [0.1, 0.15) is 0 Å². The van der Waals surface area contributed by atoms with Gasteiger partial charge in [-0.25, -0.2) is 9.86 Å². The molecule has 5 nitrogen and oxygen atoms in total. The van der Waals surface area contributed by atoms with E-state index in [0.29, 0.717) is 10.6 Å². The van der Waals surface area contributed by atoms with E-state index in [1.807, 2.05) is 0 Å². The van der Waals surface area contributed by atoms with E-state index in [9.17, 15) is 9.59 Å². The summed E-state index contributed by atoms with van der Waals surface area (Å²) in [6, 6.07) is 2.65. The van der Waals surface area contributed by atoms with E-state index in [1.165, 1.54) is 12.1 Å². The molecule has 0 aromatic heterocycles. The van der Waals surface area contributed by atoms with Crippen molar-refractivity contribution in [3.8, 4) is 0 Å². The molecule has 0 saturated heterocycles. The molecule has 1 amide bonds. The van der Waals surface area contributed by atoms with Gasteiger partial charge in [0.05, 0.1) is 22.2 Å². The molecule has 2 N–H and O–H groups in total. The fourth-order valence-electron chi connectivity index (χ4n) is 1.15. The van der Waals surface area contributed by atoms with E-state index in [-0.39, 0.29) is 28.6 Å². The van der Waals surface area contributed by atoms with Gasteiger partial charge in [0.25, 0.3) is 0 Å². The quantitative estimate of drug-likeness (QED) is 0.495. The molecule has 1 aromatic carbocycles. The van der Waals surface area contributed by atoms with Crippen molar-refractivity contribution >= 4 is 35.6 Å². The topological polar surface area (TPSA) is 77.8 Å². The highest BCUT2D eigenvalue weighted by Gasteiger charge is 2.15. The number of hydrogen-bond donors (Lipinski definition) is 2. The first-order valence-corrected chi connectivity index (χ1v) is 4.83. The van der Waals surface area contributed by atoms with Gasteiger partial charge >= 0.3 is 5.97 Å². The van der Waals surface area contributed by atoms with Crippen LogP contribution in [0.2, 0.25) is 10.0 Å². The monoisotopic (exact) mass is 263 g/mol. The lowest BCUT2D eigenvalue weighted by atomic mass is 10.1. The van der Waals surface area contributed by atoms with Gasteiger partial charge in [0, 0.05) is 0 Å². The number of aromatic carboxylic acids is 1. The summed E-state index contributed by atoms with van der Waals surface area (Å²) in [7, 11) is 0. The van der Waals surface area contributed by atoms with Crippen molar-refractivity contribution in [1.29, 1.82) is 0 Å². The molecule has 0 atom stereocenters. The number of hydrogen-bond acceptors (Lipinski definition) is 3. The summed E-state index contributed by atoms with van der Waals surface area (Å²) in [6.45, 7) is -0.122. The first-order chi connectivity index (χ1) is 7.45. The summed E-state index contributed by atoms with van der Waals surface area (Å²) >= 11 is 11.4. The predicted octanol–water partition coefficient (Wildman–Crippen LogP) is 2.04. The summed E-state index contributed by atoms with van der Waals surface area (Å²) in [6.07, 6.45) is 0.215. The first kappa shape index (κ1) is 12.8. The zero-order valence-electron chi connectivity index (χ0n) is 7.85. The molecule has 0 fully saturated rings. The molecule has 0 radical (unpaired) electrons. The van der Waals surface area contributed by atoms with Crippen LogP contribution in [-0.4, -0.2) is 27.8 Å². The average molecular weight is 264 g/mol. The maximum absolute atomic E-state index is 10.7. The Bertz CT molecular complexity index is 413. The summed E-state index contributed by atoms with van der Waals surface area (Å²) in [5, 5.41) is 18.0. The molecular formula is C9H7Cl2NO4. The summed E-state index contributed by atoms with van der Waals surface area (Å²) in [4.78, 5) is 20.9. The Morgan fingerprint density at radius 3 is 2.25 bits per heavy atom. The number of hydroxylamine groups is 2. The molecule has 0 spiro atoms. The average Bonchev–Trinajstić information content (AvgIpc) is 2.15. The minimum atomic E-state index is -1.24. The number of carboxylic acid groups (broad SMARTS) is 1. The number of benzene rings is 1. The van der Waals surface area contributed by atoms with Crippen molar-refractivity contribution < 1.29 is 19.9 Å². The first-order valence-electron chi connectivity index (χ1n) is 4.07. The van der Waals surface area contributed by atoms with Crippen molar-refractivity contribution in [2.75, 3.05) is 0 Å². The van der Waals surface area contributed by atoms with Crippen LogP contribution < -0.4 is 0 Å². The number of rotatable bonds is 4. The molecule has 1 rings (SSSR count). The van der Waals surface area contributed by atoms with Crippen molar-refractivity contribution in [2.45, 2.75) is 6.54 Å². The Morgan fingerprint density at radius 2 is 1.88 bits per heavy atom. The van der Waals surface area contributed by atoms with Crippen LogP contribution >= 0.6 is 23.2 Å². The molecule has 16 heavy (non-hydrogen) atoms. The van der Waals surface area contributed by atoms with Gasteiger partial charge in [0.2, 0.25) is 6.41 Å². The van der Waals surface area contributed by atoms with Crippen LogP contribution in [0.5, 0.6) is 0 Å². The number of nitrogens with zero attached hydrogens (tertiary/aromatic N) is 1.